The molecule has 0 radical (unpaired) electrons. The number of halogens is 2. The van der Waals surface area contributed by atoms with E-state index in [1.165, 1.54) is 11.3 Å². The molecule has 2 rings (SSSR count). The molecule has 1 saturated heterocycles. The van der Waals surface area contributed by atoms with Crippen LogP contribution in [-0.2, 0) is 0 Å². The zero-order chi connectivity index (χ0) is 10.7. The molecule has 0 saturated carbocycles. The topological polar surface area (TPSA) is 41.1 Å². The van der Waals surface area contributed by atoms with Crippen LogP contribution in [0.25, 0.3) is 0 Å². The molecule has 1 unspecified atom stereocenters. The number of amides is 1. The van der Waals surface area contributed by atoms with E-state index in [0.29, 0.717) is 0 Å². The van der Waals surface area contributed by atoms with Crippen molar-refractivity contribution >= 4 is 45.6 Å². The fourth-order valence-corrected chi connectivity index (χ4v) is 3.14. The number of thiophene rings is 1. The van der Waals surface area contributed by atoms with Crippen LogP contribution in [0.1, 0.15) is 22.5 Å². The smallest absolute Gasteiger partial charge is 0.262 e. The summed E-state index contributed by atoms with van der Waals surface area (Å²) in [6.45, 7) is 1.95. The Bertz CT molecular complexity index is 352. The molecular formula is C10H14BrClN2OS. The maximum Gasteiger partial charge on any atom is 0.262 e. The van der Waals surface area contributed by atoms with Crippen molar-refractivity contribution in [1.82, 2.24) is 10.6 Å². The second-order valence-corrected chi connectivity index (χ2v) is 5.38. The standard InChI is InChI=1S/C10H13BrN2OS.ClH/c11-8-3-5-15-9(8)10(14)13-7-2-1-4-12-6-7;/h3,5,7,12H,1-2,4,6H2,(H,13,14);1H. The molecule has 2 N–H and O–H groups in total. The zero-order valence-corrected chi connectivity index (χ0v) is 11.9. The van der Waals surface area contributed by atoms with Crippen molar-refractivity contribution < 1.29 is 4.79 Å². The first-order valence-electron chi connectivity index (χ1n) is 5.02. The molecule has 1 amide bonds. The SMILES string of the molecule is Cl.O=C(NC1CCCNC1)c1sccc1Br. The third kappa shape index (κ3) is 3.45. The number of hydrogen-bond acceptors (Lipinski definition) is 3. The Morgan fingerprint density at radius 1 is 1.62 bits per heavy atom. The van der Waals surface area contributed by atoms with Gasteiger partial charge < -0.3 is 10.6 Å². The molecule has 1 atom stereocenters. The van der Waals surface area contributed by atoms with Crippen molar-refractivity contribution in [3.63, 3.8) is 0 Å². The Morgan fingerprint density at radius 3 is 3.00 bits per heavy atom. The van der Waals surface area contributed by atoms with Crippen LogP contribution in [0.4, 0.5) is 0 Å². The van der Waals surface area contributed by atoms with Crippen LogP contribution in [0.5, 0.6) is 0 Å². The molecule has 0 aromatic carbocycles. The first-order valence-corrected chi connectivity index (χ1v) is 6.69. The fourth-order valence-electron chi connectivity index (χ4n) is 1.68. The molecule has 1 fully saturated rings. The minimum Gasteiger partial charge on any atom is -0.347 e. The van der Waals surface area contributed by atoms with Gasteiger partial charge in [-0.2, -0.15) is 0 Å². The highest BCUT2D eigenvalue weighted by atomic mass is 79.9. The van der Waals surface area contributed by atoms with Gasteiger partial charge in [0.05, 0.1) is 0 Å². The van der Waals surface area contributed by atoms with E-state index >= 15 is 0 Å². The quantitative estimate of drug-likeness (QED) is 0.877. The van der Waals surface area contributed by atoms with Gasteiger partial charge in [-0.3, -0.25) is 4.79 Å². The normalized spacial score (nSPS) is 19.9. The zero-order valence-electron chi connectivity index (χ0n) is 8.66. The lowest BCUT2D eigenvalue weighted by Gasteiger charge is -2.23. The highest BCUT2D eigenvalue weighted by molar-refractivity contribution is 9.10. The number of nitrogens with one attached hydrogen (secondary N) is 2. The summed E-state index contributed by atoms with van der Waals surface area (Å²) >= 11 is 4.83. The first-order chi connectivity index (χ1) is 7.27. The van der Waals surface area contributed by atoms with Crippen molar-refractivity contribution in [1.29, 1.82) is 0 Å². The lowest BCUT2D eigenvalue weighted by molar-refractivity contribution is 0.0934. The van der Waals surface area contributed by atoms with Gasteiger partial charge in [-0.05, 0) is 46.8 Å². The molecule has 2 heterocycles. The maximum atomic E-state index is 11.8. The number of rotatable bonds is 2. The van der Waals surface area contributed by atoms with Gasteiger partial charge in [0.1, 0.15) is 4.88 Å². The lowest BCUT2D eigenvalue weighted by Crippen LogP contribution is -2.45. The summed E-state index contributed by atoms with van der Waals surface area (Å²) in [6, 6.07) is 2.18. The van der Waals surface area contributed by atoms with Gasteiger partial charge in [-0.1, -0.05) is 0 Å². The van der Waals surface area contributed by atoms with E-state index in [0.717, 1.165) is 35.3 Å². The monoisotopic (exact) mass is 324 g/mol. The predicted molar refractivity (Wildman–Crippen MR) is 72.6 cm³/mol. The van der Waals surface area contributed by atoms with E-state index in [4.69, 9.17) is 0 Å². The molecule has 1 aliphatic rings. The molecule has 90 valence electrons. The van der Waals surface area contributed by atoms with E-state index < -0.39 is 0 Å². The molecule has 3 nitrogen and oxygen atoms in total. The molecule has 0 aliphatic carbocycles. The summed E-state index contributed by atoms with van der Waals surface area (Å²) in [5, 5.41) is 8.23. The van der Waals surface area contributed by atoms with Crippen LogP contribution < -0.4 is 10.6 Å². The second kappa shape index (κ2) is 6.59. The average molecular weight is 326 g/mol. The molecule has 1 aromatic heterocycles. The van der Waals surface area contributed by atoms with Crippen LogP contribution in [0, 0.1) is 0 Å². The van der Waals surface area contributed by atoms with Crippen LogP contribution >= 0.6 is 39.7 Å². The summed E-state index contributed by atoms with van der Waals surface area (Å²) in [7, 11) is 0. The molecule has 1 aliphatic heterocycles. The van der Waals surface area contributed by atoms with E-state index in [-0.39, 0.29) is 24.4 Å². The Kier molecular flexibility index (Phi) is 5.75. The predicted octanol–water partition coefficient (Wildman–Crippen LogP) is 2.41. The van der Waals surface area contributed by atoms with Gasteiger partial charge >= 0.3 is 0 Å². The van der Waals surface area contributed by atoms with Gasteiger partial charge in [0.2, 0.25) is 0 Å². The van der Waals surface area contributed by atoms with Gasteiger partial charge in [-0.25, -0.2) is 0 Å². The Morgan fingerprint density at radius 2 is 2.44 bits per heavy atom. The molecule has 0 spiro atoms. The van der Waals surface area contributed by atoms with Crippen molar-refractivity contribution in [2.24, 2.45) is 0 Å². The second-order valence-electron chi connectivity index (χ2n) is 3.61. The van der Waals surface area contributed by atoms with E-state index in [1.807, 2.05) is 11.4 Å². The minimum absolute atomic E-state index is 0. The summed E-state index contributed by atoms with van der Waals surface area (Å²) in [4.78, 5) is 12.6. The number of piperidine rings is 1. The molecule has 16 heavy (non-hydrogen) atoms. The van der Waals surface area contributed by atoms with Crippen LogP contribution in [0.3, 0.4) is 0 Å². The lowest BCUT2D eigenvalue weighted by atomic mass is 10.1. The largest absolute Gasteiger partial charge is 0.347 e. The van der Waals surface area contributed by atoms with Gasteiger partial charge in [0, 0.05) is 17.1 Å². The maximum absolute atomic E-state index is 11.8. The van der Waals surface area contributed by atoms with Crippen molar-refractivity contribution in [2.75, 3.05) is 13.1 Å². The minimum atomic E-state index is 0. The average Bonchev–Trinajstić information content (AvgIpc) is 2.66. The number of carbonyl (C=O) groups is 1. The summed E-state index contributed by atoms with van der Waals surface area (Å²) < 4.78 is 0.883. The third-order valence-corrected chi connectivity index (χ3v) is 4.29. The van der Waals surface area contributed by atoms with Gasteiger partial charge in [-0.15, -0.1) is 23.7 Å². The van der Waals surface area contributed by atoms with Crippen LogP contribution in [0.15, 0.2) is 15.9 Å². The van der Waals surface area contributed by atoms with E-state index in [1.54, 1.807) is 0 Å². The summed E-state index contributed by atoms with van der Waals surface area (Å²) in [5.74, 6) is 0.0329. The molecule has 0 bridgehead atoms. The van der Waals surface area contributed by atoms with Gasteiger partial charge in [0.25, 0.3) is 5.91 Å². The first kappa shape index (κ1) is 14.0. The Balaban J connectivity index is 0.00000128. The van der Waals surface area contributed by atoms with E-state index in [2.05, 4.69) is 26.6 Å². The molecular weight excluding hydrogens is 312 g/mol. The highest BCUT2D eigenvalue weighted by Gasteiger charge is 2.18. The Labute approximate surface area is 114 Å². The van der Waals surface area contributed by atoms with Crippen LogP contribution in [0.2, 0.25) is 0 Å². The third-order valence-electron chi connectivity index (χ3n) is 2.46. The molecule has 6 heteroatoms. The van der Waals surface area contributed by atoms with E-state index in [9.17, 15) is 4.79 Å². The van der Waals surface area contributed by atoms with Crippen molar-refractivity contribution in [2.45, 2.75) is 18.9 Å². The number of hydrogen-bond donors (Lipinski definition) is 2. The van der Waals surface area contributed by atoms with Gasteiger partial charge in [0.15, 0.2) is 0 Å². The summed E-state index contributed by atoms with van der Waals surface area (Å²) in [5.41, 5.74) is 0. The van der Waals surface area contributed by atoms with Crippen LogP contribution in [-0.4, -0.2) is 25.0 Å². The van der Waals surface area contributed by atoms with Crippen molar-refractivity contribution in [3.05, 3.63) is 20.8 Å². The number of carbonyl (C=O) groups excluding carboxylic acids is 1. The van der Waals surface area contributed by atoms with Crippen molar-refractivity contribution in [3.8, 4) is 0 Å². The highest BCUT2D eigenvalue weighted by Crippen LogP contribution is 2.22. The summed E-state index contributed by atoms with van der Waals surface area (Å²) in [6.07, 6.45) is 2.21. The molecule has 1 aromatic rings. The Hall–Kier alpha value is -0.100. The fraction of sp³-hybridized carbons (Fsp3) is 0.500.